The third-order valence-corrected chi connectivity index (χ3v) is 3.18. The zero-order valence-electron chi connectivity index (χ0n) is 7.55. The number of hydrogen-bond donors (Lipinski definition) is 1. The van der Waals surface area contributed by atoms with Gasteiger partial charge in [-0.05, 0) is 18.8 Å². The minimum absolute atomic E-state index is 0.109. The highest BCUT2D eigenvalue weighted by Gasteiger charge is 2.42. The predicted octanol–water partition coefficient (Wildman–Crippen LogP) is 1.20. The number of urea groups is 1. The first-order valence-corrected chi connectivity index (χ1v) is 4.81. The van der Waals surface area contributed by atoms with E-state index in [1.54, 1.807) is 7.05 Å². The minimum atomic E-state index is 0.109. The van der Waals surface area contributed by atoms with Crippen molar-refractivity contribution in [1.82, 2.24) is 10.2 Å². The van der Waals surface area contributed by atoms with E-state index in [4.69, 9.17) is 0 Å². The molecular formula is C9H16N2O. The van der Waals surface area contributed by atoms with Crippen LogP contribution in [0.4, 0.5) is 4.79 Å². The Kier molecular flexibility index (Phi) is 1.95. The molecular weight excluding hydrogens is 152 g/mol. The first kappa shape index (κ1) is 7.90. The Morgan fingerprint density at radius 3 is 2.83 bits per heavy atom. The first-order valence-electron chi connectivity index (χ1n) is 4.81. The molecule has 1 aliphatic carbocycles. The fourth-order valence-corrected chi connectivity index (χ4v) is 2.44. The van der Waals surface area contributed by atoms with Gasteiger partial charge in [-0.3, -0.25) is 0 Å². The smallest absolute Gasteiger partial charge is 0.317 e. The molecule has 0 spiro atoms. The van der Waals surface area contributed by atoms with Crippen LogP contribution in [-0.4, -0.2) is 30.6 Å². The van der Waals surface area contributed by atoms with Crippen LogP contribution in [-0.2, 0) is 0 Å². The number of carbonyl (C=O) groups is 1. The molecule has 3 nitrogen and oxygen atoms in total. The first-order chi connectivity index (χ1) is 5.83. The predicted molar refractivity (Wildman–Crippen MR) is 46.9 cm³/mol. The van der Waals surface area contributed by atoms with Crippen molar-refractivity contribution >= 4 is 6.03 Å². The summed E-state index contributed by atoms with van der Waals surface area (Å²) in [6.45, 7) is 0.990. The molecule has 2 rings (SSSR count). The molecule has 1 saturated carbocycles. The van der Waals surface area contributed by atoms with E-state index in [1.807, 2.05) is 4.90 Å². The van der Waals surface area contributed by atoms with Gasteiger partial charge >= 0.3 is 6.03 Å². The maximum Gasteiger partial charge on any atom is 0.317 e. The highest BCUT2D eigenvalue weighted by atomic mass is 16.2. The molecule has 0 unspecified atom stereocenters. The molecule has 1 N–H and O–H groups in total. The number of fused-ring (bicyclic) bond motifs is 1. The van der Waals surface area contributed by atoms with Gasteiger partial charge in [0.15, 0.2) is 0 Å². The Hall–Kier alpha value is -0.730. The van der Waals surface area contributed by atoms with Crippen molar-refractivity contribution in [2.24, 2.45) is 5.92 Å². The summed E-state index contributed by atoms with van der Waals surface area (Å²) < 4.78 is 0. The number of nitrogens with zero attached hydrogens (tertiary/aromatic N) is 1. The number of likely N-dealkylation sites (tertiary alicyclic amines) is 1. The van der Waals surface area contributed by atoms with E-state index >= 15 is 0 Å². The molecule has 68 valence electrons. The SMILES string of the molecule is CNC(=O)N1C[C@H]2CCCC[C@H]21. The zero-order valence-corrected chi connectivity index (χ0v) is 7.55. The Bertz CT molecular complexity index is 193. The van der Waals surface area contributed by atoms with Crippen LogP contribution in [0.1, 0.15) is 25.7 Å². The lowest BCUT2D eigenvalue weighted by Gasteiger charge is -2.50. The van der Waals surface area contributed by atoms with E-state index in [-0.39, 0.29) is 6.03 Å². The molecule has 0 aromatic rings. The summed E-state index contributed by atoms with van der Waals surface area (Å²) >= 11 is 0. The fraction of sp³-hybridized carbons (Fsp3) is 0.889. The van der Waals surface area contributed by atoms with Gasteiger partial charge in [0.2, 0.25) is 0 Å². The summed E-state index contributed by atoms with van der Waals surface area (Å²) in [6, 6.07) is 0.678. The van der Waals surface area contributed by atoms with Gasteiger partial charge in [-0.2, -0.15) is 0 Å². The molecule has 2 amide bonds. The van der Waals surface area contributed by atoms with Gasteiger partial charge in [-0.15, -0.1) is 0 Å². The van der Waals surface area contributed by atoms with Gasteiger partial charge in [0.25, 0.3) is 0 Å². The molecule has 1 aliphatic heterocycles. The minimum Gasteiger partial charge on any atom is -0.341 e. The van der Waals surface area contributed by atoms with Crippen LogP contribution in [0, 0.1) is 5.92 Å². The van der Waals surface area contributed by atoms with Crippen molar-refractivity contribution in [3.8, 4) is 0 Å². The van der Waals surface area contributed by atoms with Crippen molar-refractivity contribution < 1.29 is 4.79 Å². The van der Waals surface area contributed by atoms with E-state index in [2.05, 4.69) is 5.32 Å². The monoisotopic (exact) mass is 168 g/mol. The van der Waals surface area contributed by atoms with E-state index in [0.29, 0.717) is 6.04 Å². The Morgan fingerprint density at radius 2 is 2.17 bits per heavy atom. The molecule has 0 aromatic heterocycles. The Labute approximate surface area is 73.1 Å². The maximum absolute atomic E-state index is 11.3. The molecule has 1 saturated heterocycles. The van der Waals surface area contributed by atoms with Gasteiger partial charge in [-0.25, -0.2) is 4.79 Å². The van der Waals surface area contributed by atoms with Gasteiger partial charge in [-0.1, -0.05) is 12.8 Å². The third kappa shape index (κ3) is 1.08. The lowest BCUT2D eigenvalue weighted by atomic mass is 9.77. The highest BCUT2D eigenvalue weighted by molar-refractivity contribution is 5.75. The molecule has 2 fully saturated rings. The zero-order chi connectivity index (χ0) is 8.55. The number of amides is 2. The van der Waals surface area contributed by atoms with Gasteiger partial charge < -0.3 is 10.2 Å². The van der Waals surface area contributed by atoms with Gasteiger partial charge in [0, 0.05) is 19.6 Å². The van der Waals surface area contributed by atoms with Crippen LogP contribution in [0.5, 0.6) is 0 Å². The van der Waals surface area contributed by atoms with Crippen LogP contribution in [0.2, 0.25) is 0 Å². The van der Waals surface area contributed by atoms with Crippen molar-refractivity contribution in [1.29, 1.82) is 0 Å². The summed E-state index contributed by atoms with van der Waals surface area (Å²) in [5.74, 6) is 0.816. The van der Waals surface area contributed by atoms with Crippen LogP contribution in [0.3, 0.4) is 0 Å². The van der Waals surface area contributed by atoms with Crippen molar-refractivity contribution in [2.75, 3.05) is 13.6 Å². The number of hydrogen-bond acceptors (Lipinski definition) is 1. The second kappa shape index (κ2) is 2.96. The molecule has 0 aromatic carbocycles. The molecule has 3 heteroatoms. The quantitative estimate of drug-likeness (QED) is 0.579. The second-order valence-electron chi connectivity index (χ2n) is 3.82. The largest absolute Gasteiger partial charge is 0.341 e. The standard InChI is InChI=1S/C9H16N2O/c1-10-9(12)11-6-7-4-2-3-5-8(7)11/h7-8H,2-6H2,1H3,(H,10,12)/t7-,8-/m1/s1. The number of rotatable bonds is 0. The molecule has 0 radical (unpaired) electrons. The third-order valence-electron chi connectivity index (χ3n) is 3.18. The average Bonchev–Trinajstić information content (AvgIpc) is 2.07. The molecule has 1 heterocycles. The van der Waals surface area contributed by atoms with Gasteiger partial charge in [0.05, 0.1) is 0 Å². The summed E-state index contributed by atoms with van der Waals surface area (Å²) in [5, 5.41) is 2.69. The normalized spacial score (nSPS) is 33.6. The molecule has 12 heavy (non-hydrogen) atoms. The second-order valence-corrected chi connectivity index (χ2v) is 3.82. The van der Waals surface area contributed by atoms with Crippen LogP contribution in [0.15, 0.2) is 0 Å². The van der Waals surface area contributed by atoms with Crippen LogP contribution >= 0.6 is 0 Å². The van der Waals surface area contributed by atoms with E-state index in [9.17, 15) is 4.79 Å². The molecule has 2 atom stereocenters. The van der Waals surface area contributed by atoms with Crippen LogP contribution < -0.4 is 5.32 Å². The van der Waals surface area contributed by atoms with E-state index < -0.39 is 0 Å². The Morgan fingerprint density at radius 1 is 1.42 bits per heavy atom. The molecule has 0 bridgehead atoms. The van der Waals surface area contributed by atoms with Crippen LogP contribution in [0.25, 0.3) is 0 Å². The Balaban J connectivity index is 1.92. The average molecular weight is 168 g/mol. The topological polar surface area (TPSA) is 32.3 Å². The maximum atomic E-state index is 11.3. The molecule has 2 aliphatic rings. The summed E-state index contributed by atoms with van der Waals surface area (Å²) in [6.07, 6.45) is 5.22. The van der Waals surface area contributed by atoms with E-state index in [1.165, 1.54) is 25.7 Å². The summed E-state index contributed by atoms with van der Waals surface area (Å²) in [7, 11) is 1.71. The summed E-state index contributed by atoms with van der Waals surface area (Å²) in [5.41, 5.74) is 0. The number of carbonyl (C=O) groups excluding carboxylic acids is 1. The van der Waals surface area contributed by atoms with Crippen molar-refractivity contribution in [3.05, 3.63) is 0 Å². The van der Waals surface area contributed by atoms with E-state index in [0.717, 1.165) is 12.5 Å². The number of nitrogens with one attached hydrogen (secondary N) is 1. The lowest BCUT2D eigenvalue weighted by molar-refractivity contribution is 0.0207. The van der Waals surface area contributed by atoms with Crippen molar-refractivity contribution in [3.63, 3.8) is 0 Å². The highest BCUT2D eigenvalue weighted by Crippen LogP contribution is 2.36. The lowest BCUT2D eigenvalue weighted by Crippen LogP contribution is -2.61. The fourth-order valence-electron chi connectivity index (χ4n) is 2.44. The summed E-state index contributed by atoms with van der Waals surface area (Å²) in [4.78, 5) is 13.2. The van der Waals surface area contributed by atoms with Gasteiger partial charge in [0.1, 0.15) is 0 Å². The van der Waals surface area contributed by atoms with Crippen molar-refractivity contribution in [2.45, 2.75) is 31.7 Å².